The Morgan fingerprint density at radius 2 is 1.96 bits per heavy atom. The molecular weight excluding hydrogens is 393 g/mol. The Kier molecular flexibility index (Phi) is 3.59. The summed E-state index contributed by atoms with van der Waals surface area (Å²) in [5.41, 5.74) is 3.07. The molecule has 0 aliphatic rings. The van der Waals surface area contributed by atoms with E-state index in [1.54, 1.807) is 22.7 Å². The lowest BCUT2D eigenvalue weighted by Crippen LogP contribution is -1.94. The lowest BCUT2D eigenvalue weighted by molar-refractivity contribution is 0.621. The van der Waals surface area contributed by atoms with Crippen LogP contribution in [0.25, 0.3) is 27.3 Å². The molecule has 0 atom stereocenters. The molecule has 0 aliphatic carbocycles. The lowest BCUT2D eigenvalue weighted by atomic mass is 10.2. The van der Waals surface area contributed by atoms with Gasteiger partial charge in [0.05, 0.1) is 10.7 Å². The zero-order valence-electron chi connectivity index (χ0n) is 13.0. The zero-order chi connectivity index (χ0) is 17.7. The second kappa shape index (κ2) is 5.98. The van der Waals surface area contributed by atoms with Crippen molar-refractivity contribution in [1.29, 1.82) is 0 Å². The summed E-state index contributed by atoms with van der Waals surface area (Å²) in [7, 11) is 0. The predicted molar refractivity (Wildman–Crippen MR) is 104 cm³/mol. The van der Waals surface area contributed by atoms with Crippen LogP contribution < -0.4 is 5.32 Å². The summed E-state index contributed by atoms with van der Waals surface area (Å²) in [4.78, 5) is 9.54. The Labute approximate surface area is 161 Å². The fourth-order valence-electron chi connectivity index (χ4n) is 2.64. The normalized spacial score (nSPS) is 11.5. The van der Waals surface area contributed by atoms with Crippen molar-refractivity contribution in [3.8, 4) is 11.3 Å². The van der Waals surface area contributed by atoms with Gasteiger partial charge in [-0.2, -0.15) is 9.97 Å². The number of halogens is 2. The van der Waals surface area contributed by atoms with Gasteiger partial charge in [0, 0.05) is 16.0 Å². The van der Waals surface area contributed by atoms with E-state index in [4.69, 9.17) is 27.6 Å². The van der Waals surface area contributed by atoms with Gasteiger partial charge in [0.15, 0.2) is 5.58 Å². The minimum atomic E-state index is 0.340. The number of anilines is 2. The largest absolute Gasteiger partial charge is 0.423 e. The van der Waals surface area contributed by atoms with Crippen LogP contribution in [0, 0.1) is 0 Å². The quantitative estimate of drug-likeness (QED) is 0.422. The number of thiazole rings is 1. The molecule has 0 bridgehead atoms. The molecule has 3 aromatic heterocycles. The van der Waals surface area contributed by atoms with Crippen molar-refractivity contribution in [3.05, 3.63) is 57.9 Å². The van der Waals surface area contributed by atoms with Crippen molar-refractivity contribution in [3.63, 3.8) is 0 Å². The van der Waals surface area contributed by atoms with E-state index in [0.717, 1.165) is 21.7 Å². The summed E-state index contributed by atoms with van der Waals surface area (Å²) in [6.07, 6.45) is 0. The number of oxazole rings is 1. The van der Waals surface area contributed by atoms with Gasteiger partial charge in [0.25, 0.3) is 5.95 Å². The Bertz CT molecular complexity index is 1230. The second-order valence-electron chi connectivity index (χ2n) is 5.49. The molecule has 0 amide bonds. The molecule has 5 rings (SSSR count). The topological polar surface area (TPSA) is 68.2 Å². The van der Waals surface area contributed by atoms with Gasteiger partial charge in [-0.05, 0) is 30.3 Å². The Balaban J connectivity index is 1.54. The van der Waals surface area contributed by atoms with E-state index in [0.29, 0.717) is 27.6 Å². The number of benzene rings is 2. The lowest BCUT2D eigenvalue weighted by Gasteiger charge is -2.02. The SMILES string of the molecule is Clc1ccc(Cl)c(-c2csc3nc(Nc4nc5ccccc5o4)nn23)c1. The highest BCUT2D eigenvalue weighted by molar-refractivity contribution is 7.15. The first-order chi connectivity index (χ1) is 12.7. The van der Waals surface area contributed by atoms with Crippen LogP contribution >= 0.6 is 34.5 Å². The van der Waals surface area contributed by atoms with Gasteiger partial charge in [-0.15, -0.1) is 16.4 Å². The minimum Gasteiger partial charge on any atom is -0.423 e. The summed E-state index contributed by atoms with van der Waals surface area (Å²) >= 11 is 13.9. The van der Waals surface area contributed by atoms with E-state index < -0.39 is 0 Å². The average Bonchev–Trinajstić information content (AvgIpc) is 3.30. The number of fused-ring (bicyclic) bond motifs is 2. The van der Waals surface area contributed by atoms with Crippen molar-refractivity contribution < 1.29 is 4.42 Å². The summed E-state index contributed by atoms with van der Waals surface area (Å²) in [5.74, 6) is 0.391. The van der Waals surface area contributed by atoms with Gasteiger partial charge in [0.1, 0.15) is 5.52 Å². The number of hydrogen-bond donors (Lipinski definition) is 1. The molecular formula is C17H9Cl2N5OS. The molecule has 3 heterocycles. The number of para-hydroxylation sites is 2. The molecule has 6 nitrogen and oxygen atoms in total. The van der Waals surface area contributed by atoms with Crippen LogP contribution in [0.2, 0.25) is 10.0 Å². The molecule has 0 saturated carbocycles. The fraction of sp³-hybridized carbons (Fsp3) is 0. The van der Waals surface area contributed by atoms with Gasteiger partial charge in [0.2, 0.25) is 4.96 Å². The third kappa shape index (κ3) is 2.61. The number of aromatic nitrogens is 4. The molecule has 128 valence electrons. The van der Waals surface area contributed by atoms with Gasteiger partial charge in [-0.3, -0.25) is 5.32 Å². The van der Waals surface area contributed by atoms with Crippen LogP contribution in [0.5, 0.6) is 0 Å². The Morgan fingerprint density at radius 3 is 2.85 bits per heavy atom. The van der Waals surface area contributed by atoms with Gasteiger partial charge in [-0.25, -0.2) is 4.52 Å². The number of nitrogens with one attached hydrogen (secondary N) is 1. The maximum atomic E-state index is 6.31. The summed E-state index contributed by atoms with van der Waals surface area (Å²) in [6.45, 7) is 0. The smallest absolute Gasteiger partial charge is 0.302 e. The van der Waals surface area contributed by atoms with Crippen LogP contribution in [-0.2, 0) is 0 Å². The molecule has 26 heavy (non-hydrogen) atoms. The molecule has 5 aromatic rings. The van der Waals surface area contributed by atoms with Crippen LogP contribution in [0.1, 0.15) is 0 Å². The first-order valence-corrected chi connectivity index (χ1v) is 9.23. The molecule has 0 unspecified atom stereocenters. The highest BCUT2D eigenvalue weighted by atomic mass is 35.5. The first kappa shape index (κ1) is 15.6. The van der Waals surface area contributed by atoms with Crippen LogP contribution in [0.4, 0.5) is 12.0 Å². The molecule has 0 radical (unpaired) electrons. The molecule has 0 spiro atoms. The highest BCUT2D eigenvalue weighted by Gasteiger charge is 2.15. The highest BCUT2D eigenvalue weighted by Crippen LogP contribution is 2.33. The standard InChI is InChI=1S/C17H9Cl2N5OS/c18-9-5-6-11(19)10(7-9)13-8-26-17-22-15(23-24(13)17)21-16-20-12-3-1-2-4-14(12)25-16/h1-8H,(H,20,21,23). The van der Waals surface area contributed by atoms with Gasteiger partial charge >= 0.3 is 6.01 Å². The summed E-state index contributed by atoms with van der Waals surface area (Å²) < 4.78 is 7.36. The van der Waals surface area contributed by atoms with Crippen LogP contribution in [0.3, 0.4) is 0 Å². The molecule has 0 saturated heterocycles. The van der Waals surface area contributed by atoms with Gasteiger partial charge in [-0.1, -0.05) is 35.3 Å². The first-order valence-electron chi connectivity index (χ1n) is 7.60. The molecule has 0 fully saturated rings. The molecule has 2 aromatic carbocycles. The molecule has 9 heteroatoms. The van der Waals surface area contributed by atoms with E-state index in [2.05, 4.69) is 20.4 Å². The average molecular weight is 402 g/mol. The minimum absolute atomic E-state index is 0.340. The summed E-state index contributed by atoms with van der Waals surface area (Å²) in [5, 5.41) is 10.6. The van der Waals surface area contributed by atoms with Crippen molar-refractivity contribution >= 4 is 62.6 Å². The van der Waals surface area contributed by atoms with E-state index in [1.807, 2.05) is 29.6 Å². The van der Waals surface area contributed by atoms with E-state index in [9.17, 15) is 0 Å². The molecule has 1 N–H and O–H groups in total. The number of rotatable bonds is 3. The van der Waals surface area contributed by atoms with E-state index in [-0.39, 0.29) is 0 Å². The van der Waals surface area contributed by atoms with Crippen molar-refractivity contribution in [2.75, 3.05) is 5.32 Å². The maximum absolute atomic E-state index is 6.31. The van der Waals surface area contributed by atoms with Crippen molar-refractivity contribution in [2.24, 2.45) is 0 Å². The zero-order valence-corrected chi connectivity index (χ0v) is 15.3. The predicted octanol–water partition coefficient (Wildman–Crippen LogP) is 5.65. The maximum Gasteiger partial charge on any atom is 0.302 e. The van der Waals surface area contributed by atoms with Crippen molar-refractivity contribution in [2.45, 2.75) is 0 Å². The number of nitrogens with zero attached hydrogens (tertiary/aromatic N) is 4. The molecule has 0 aliphatic heterocycles. The fourth-order valence-corrected chi connectivity index (χ4v) is 3.84. The third-order valence-corrected chi connectivity index (χ3v) is 5.18. The Hall–Kier alpha value is -2.61. The van der Waals surface area contributed by atoms with Crippen molar-refractivity contribution in [1.82, 2.24) is 19.6 Å². The second-order valence-corrected chi connectivity index (χ2v) is 7.17. The monoisotopic (exact) mass is 401 g/mol. The van der Waals surface area contributed by atoms with Crippen LogP contribution in [-0.4, -0.2) is 19.6 Å². The Morgan fingerprint density at radius 1 is 1.08 bits per heavy atom. The number of hydrogen-bond acceptors (Lipinski definition) is 6. The van der Waals surface area contributed by atoms with Crippen LogP contribution in [0.15, 0.2) is 52.3 Å². The third-order valence-electron chi connectivity index (χ3n) is 3.80. The van der Waals surface area contributed by atoms with E-state index >= 15 is 0 Å². The summed E-state index contributed by atoms with van der Waals surface area (Å²) in [6, 6.07) is 13.2. The van der Waals surface area contributed by atoms with E-state index in [1.165, 1.54) is 11.3 Å². The van der Waals surface area contributed by atoms with Gasteiger partial charge < -0.3 is 4.42 Å².